The number of benzene rings is 2. The molecule has 38 heavy (non-hydrogen) atoms. The Morgan fingerprint density at radius 3 is 1.79 bits per heavy atom. The molecular formula is C31H21N3O3S. The number of methoxy groups -OCH3 is 1. The van der Waals surface area contributed by atoms with Gasteiger partial charge in [0.05, 0.1) is 23.4 Å². The molecule has 6 rings (SSSR count). The van der Waals surface area contributed by atoms with E-state index in [1.165, 1.54) is 18.4 Å². The van der Waals surface area contributed by atoms with Gasteiger partial charge in [-0.2, -0.15) is 0 Å². The van der Waals surface area contributed by atoms with Crippen molar-refractivity contribution in [2.45, 2.75) is 0 Å². The second-order valence-corrected chi connectivity index (χ2v) is 9.44. The number of ether oxygens (including phenoxy) is 1. The summed E-state index contributed by atoms with van der Waals surface area (Å²) >= 11 is 1.39. The maximum Gasteiger partial charge on any atom is 0.358 e. The van der Waals surface area contributed by atoms with Crippen LogP contribution in [0.3, 0.4) is 0 Å². The smallest absolute Gasteiger partial charge is 0.358 e. The zero-order valence-electron chi connectivity index (χ0n) is 20.4. The average molecular weight is 516 g/mol. The molecule has 0 spiro atoms. The standard InChI is InChI=1S/C31H21N3O3S/c1-36-31(35)28-29(23-14-10-21(11-15-23)25-7-3-5-19-33-25)38-30(34-28)27-17-16-26(37-27)22-12-8-20(9-13-22)24-6-2-4-18-32-24/h2-19H,1H3. The third-order valence-electron chi connectivity index (χ3n) is 6.06. The van der Waals surface area contributed by atoms with E-state index in [-0.39, 0.29) is 5.69 Å². The Morgan fingerprint density at radius 2 is 1.24 bits per heavy atom. The van der Waals surface area contributed by atoms with Gasteiger partial charge in [-0.25, -0.2) is 9.78 Å². The number of hydrogen-bond acceptors (Lipinski definition) is 7. The van der Waals surface area contributed by atoms with Gasteiger partial charge in [0.1, 0.15) is 5.76 Å². The molecule has 0 fully saturated rings. The minimum atomic E-state index is -0.492. The van der Waals surface area contributed by atoms with Crippen LogP contribution in [-0.2, 0) is 4.74 Å². The third-order valence-corrected chi connectivity index (χ3v) is 7.18. The molecular weight excluding hydrogens is 494 g/mol. The summed E-state index contributed by atoms with van der Waals surface area (Å²) in [6.07, 6.45) is 3.54. The number of nitrogens with zero attached hydrogens (tertiary/aromatic N) is 3. The zero-order chi connectivity index (χ0) is 25.9. The van der Waals surface area contributed by atoms with E-state index >= 15 is 0 Å². The summed E-state index contributed by atoms with van der Waals surface area (Å²) in [6, 6.07) is 31.4. The van der Waals surface area contributed by atoms with Crippen LogP contribution in [-0.4, -0.2) is 28.0 Å². The molecule has 6 nitrogen and oxygen atoms in total. The molecule has 7 heteroatoms. The van der Waals surface area contributed by atoms with Crippen LogP contribution in [0.15, 0.2) is 114 Å². The molecule has 0 saturated heterocycles. The maximum atomic E-state index is 12.6. The lowest BCUT2D eigenvalue weighted by molar-refractivity contribution is 0.0596. The maximum absolute atomic E-state index is 12.6. The Labute approximate surface area is 223 Å². The lowest BCUT2D eigenvalue weighted by Crippen LogP contribution is -2.03. The van der Waals surface area contributed by atoms with Crippen molar-refractivity contribution in [3.63, 3.8) is 0 Å². The fourth-order valence-corrected chi connectivity index (χ4v) is 5.15. The van der Waals surface area contributed by atoms with Crippen molar-refractivity contribution in [1.29, 1.82) is 0 Å². The van der Waals surface area contributed by atoms with Gasteiger partial charge in [-0.15, -0.1) is 11.3 Å². The van der Waals surface area contributed by atoms with Gasteiger partial charge in [0.15, 0.2) is 16.5 Å². The van der Waals surface area contributed by atoms with Gasteiger partial charge < -0.3 is 9.15 Å². The van der Waals surface area contributed by atoms with E-state index in [4.69, 9.17) is 9.15 Å². The number of esters is 1. The van der Waals surface area contributed by atoms with Crippen molar-refractivity contribution >= 4 is 17.3 Å². The van der Waals surface area contributed by atoms with Crippen molar-refractivity contribution in [1.82, 2.24) is 15.0 Å². The summed E-state index contributed by atoms with van der Waals surface area (Å²) in [5.74, 6) is 0.803. The van der Waals surface area contributed by atoms with Gasteiger partial charge in [-0.1, -0.05) is 60.7 Å². The molecule has 0 aliphatic heterocycles. The van der Waals surface area contributed by atoms with Crippen LogP contribution < -0.4 is 0 Å². The molecule has 2 aromatic carbocycles. The van der Waals surface area contributed by atoms with Gasteiger partial charge in [-0.3, -0.25) is 9.97 Å². The first-order valence-electron chi connectivity index (χ1n) is 11.9. The predicted molar refractivity (Wildman–Crippen MR) is 148 cm³/mol. The van der Waals surface area contributed by atoms with Gasteiger partial charge in [0.25, 0.3) is 0 Å². The topological polar surface area (TPSA) is 78.1 Å². The highest BCUT2D eigenvalue weighted by atomic mass is 32.1. The number of rotatable bonds is 6. The largest absolute Gasteiger partial charge is 0.464 e. The molecule has 6 aromatic rings. The first-order chi connectivity index (χ1) is 18.7. The lowest BCUT2D eigenvalue weighted by atomic mass is 10.1. The highest BCUT2D eigenvalue weighted by Crippen LogP contribution is 2.38. The van der Waals surface area contributed by atoms with E-state index in [1.807, 2.05) is 97.1 Å². The Bertz CT molecular complexity index is 1690. The van der Waals surface area contributed by atoms with Gasteiger partial charge >= 0.3 is 5.97 Å². The second-order valence-electron chi connectivity index (χ2n) is 8.44. The van der Waals surface area contributed by atoms with E-state index in [0.717, 1.165) is 38.5 Å². The van der Waals surface area contributed by atoms with Crippen molar-refractivity contribution in [3.05, 3.63) is 115 Å². The van der Waals surface area contributed by atoms with E-state index in [1.54, 1.807) is 12.4 Å². The highest BCUT2D eigenvalue weighted by Gasteiger charge is 2.22. The SMILES string of the molecule is COC(=O)c1nc(-c2ccc(-c3ccc(-c4ccccn4)cc3)o2)sc1-c1ccc(-c2ccccn2)cc1. The predicted octanol–water partition coefficient (Wildman–Crippen LogP) is 7.65. The fraction of sp³-hybridized carbons (Fsp3) is 0.0323. The number of carbonyl (C=O) groups is 1. The van der Waals surface area contributed by atoms with E-state index in [0.29, 0.717) is 16.5 Å². The quantitative estimate of drug-likeness (QED) is 0.212. The molecule has 0 atom stereocenters. The van der Waals surface area contributed by atoms with Crippen LogP contribution in [0.4, 0.5) is 0 Å². The summed E-state index contributed by atoms with van der Waals surface area (Å²) in [5, 5.41) is 0.602. The molecule has 184 valence electrons. The summed E-state index contributed by atoms with van der Waals surface area (Å²) < 4.78 is 11.2. The number of aromatic nitrogens is 3. The molecule has 0 aliphatic rings. The first kappa shape index (κ1) is 23.5. The number of carbonyl (C=O) groups excluding carboxylic acids is 1. The van der Waals surface area contributed by atoms with Crippen molar-refractivity contribution in [2.75, 3.05) is 7.11 Å². The van der Waals surface area contributed by atoms with Crippen LogP contribution in [0.1, 0.15) is 10.5 Å². The van der Waals surface area contributed by atoms with Crippen LogP contribution in [0.2, 0.25) is 0 Å². The minimum absolute atomic E-state index is 0.260. The van der Waals surface area contributed by atoms with Crippen molar-refractivity contribution in [2.24, 2.45) is 0 Å². The summed E-state index contributed by atoms with van der Waals surface area (Å²) in [7, 11) is 1.36. The zero-order valence-corrected chi connectivity index (χ0v) is 21.2. The van der Waals surface area contributed by atoms with Crippen molar-refractivity contribution < 1.29 is 13.9 Å². The Kier molecular flexibility index (Phi) is 6.34. The van der Waals surface area contributed by atoms with Gasteiger partial charge in [0.2, 0.25) is 0 Å². The molecule has 4 heterocycles. The molecule has 4 aromatic heterocycles. The molecule has 0 bridgehead atoms. The van der Waals surface area contributed by atoms with E-state index < -0.39 is 5.97 Å². The third kappa shape index (κ3) is 4.63. The Morgan fingerprint density at radius 1 is 0.684 bits per heavy atom. The number of hydrogen-bond donors (Lipinski definition) is 0. The summed E-state index contributed by atoms with van der Waals surface area (Å²) in [5.41, 5.74) is 5.88. The normalized spacial score (nSPS) is 10.9. The van der Waals surface area contributed by atoms with Crippen LogP contribution in [0.25, 0.3) is 55.0 Å². The molecule has 0 saturated carbocycles. The first-order valence-corrected chi connectivity index (χ1v) is 12.7. The lowest BCUT2D eigenvalue weighted by Gasteiger charge is -2.04. The molecule has 0 radical (unpaired) electrons. The van der Waals surface area contributed by atoms with Crippen LogP contribution >= 0.6 is 11.3 Å². The number of furan rings is 1. The second kappa shape index (κ2) is 10.2. The minimum Gasteiger partial charge on any atom is -0.464 e. The fourth-order valence-electron chi connectivity index (χ4n) is 4.13. The number of pyridine rings is 2. The monoisotopic (exact) mass is 515 g/mol. The van der Waals surface area contributed by atoms with Gasteiger partial charge in [-0.05, 0) is 42.0 Å². The average Bonchev–Trinajstić information content (AvgIpc) is 3.66. The van der Waals surface area contributed by atoms with E-state index in [9.17, 15) is 4.79 Å². The highest BCUT2D eigenvalue weighted by molar-refractivity contribution is 7.18. The summed E-state index contributed by atoms with van der Waals surface area (Å²) in [4.78, 5) is 26.7. The Hall–Kier alpha value is -4.88. The van der Waals surface area contributed by atoms with Crippen LogP contribution in [0.5, 0.6) is 0 Å². The molecule has 0 unspecified atom stereocenters. The molecule has 0 aliphatic carbocycles. The van der Waals surface area contributed by atoms with E-state index in [2.05, 4.69) is 15.0 Å². The Balaban J connectivity index is 1.30. The molecule has 0 N–H and O–H groups in total. The summed E-state index contributed by atoms with van der Waals surface area (Å²) in [6.45, 7) is 0. The van der Waals surface area contributed by atoms with Gasteiger partial charge in [0, 0.05) is 29.1 Å². The molecule has 0 amide bonds. The number of thiazole rings is 1. The van der Waals surface area contributed by atoms with Crippen molar-refractivity contribution in [3.8, 4) is 55.0 Å². The van der Waals surface area contributed by atoms with Crippen LogP contribution in [0, 0.1) is 0 Å².